The van der Waals surface area contributed by atoms with Gasteiger partial charge in [-0.3, -0.25) is 0 Å². The van der Waals surface area contributed by atoms with Crippen molar-refractivity contribution in [2.24, 2.45) is 0 Å². The van der Waals surface area contributed by atoms with Gasteiger partial charge >= 0.3 is 6.03 Å². The van der Waals surface area contributed by atoms with E-state index >= 15 is 0 Å². The predicted molar refractivity (Wildman–Crippen MR) is 124 cm³/mol. The minimum atomic E-state index is -0.124. The lowest BCUT2D eigenvalue weighted by Gasteiger charge is -2.37. The summed E-state index contributed by atoms with van der Waals surface area (Å²) >= 11 is 0. The van der Waals surface area contributed by atoms with Crippen molar-refractivity contribution in [3.05, 3.63) is 70.8 Å². The van der Waals surface area contributed by atoms with Gasteiger partial charge in [-0.05, 0) is 70.6 Å². The number of carbonyl (C=O) groups is 1. The molecule has 2 aromatic rings. The number of amides is 2. The van der Waals surface area contributed by atoms with Gasteiger partial charge in [-0.2, -0.15) is 0 Å². The Hall–Kier alpha value is -2.37. The van der Waals surface area contributed by atoms with Gasteiger partial charge in [0.1, 0.15) is 0 Å². The Morgan fingerprint density at radius 1 is 1.13 bits per heavy atom. The SMILES string of the molecule is Cc1ccc(CNC(=O)N[C@H](CN(C)C2CCN(C)CC2)c2ccccc2)c(C)c1. The molecule has 1 saturated heterocycles. The van der Waals surface area contributed by atoms with Crippen molar-refractivity contribution in [3.8, 4) is 0 Å². The van der Waals surface area contributed by atoms with Crippen LogP contribution < -0.4 is 10.6 Å². The third-order valence-electron chi connectivity index (χ3n) is 6.23. The zero-order valence-corrected chi connectivity index (χ0v) is 18.8. The van der Waals surface area contributed by atoms with Crippen LogP contribution in [0.25, 0.3) is 0 Å². The van der Waals surface area contributed by atoms with Gasteiger partial charge in [0, 0.05) is 19.1 Å². The van der Waals surface area contributed by atoms with Gasteiger partial charge in [0.15, 0.2) is 0 Å². The molecule has 5 nitrogen and oxygen atoms in total. The van der Waals surface area contributed by atoms with Gasteiger partial charge in [0.25, 0.3) is 0 Å². The fourth-order valence-electron chi connectivity index (χ4n) is 4.22. The molecular weight excluding hydrogens is 372 g/mol. The first kappa shape index (κ1) is 22.3. The van der Waals surface area contributed by atoms with E-state index < -0.39 is 0 Å². The summed E-state index contributed by atoms with van der Waals surface area (Å²) in [5, 5.41) is 6.25. The van der Waals surface area contributed by atoms with E-state index in [4.69, 9.17) is 0 Å². The Kier molecular flexibility index (Phi) is 7.88. The number of nitrogens with one attached hydrogen (secondary N) is 2. The summed E-state index contributed by atoms with van der Waals surface area (Å²) < 4.78 is 0. The van der Waals surface area contributed by atoms with E-state index in [2.05, 4.69) is 78.7 Å². The van der Waals surface area contributed by atoms with Crippen LogP contribution in [0, 0.1) is 13.8 Å². The van der Waals surface area contributed by atoms with Crippen LogP contribution in [0.15, 0.2) is 48.5 Å². The first-order valence-electron chi connectivity index (χ1n) is 11.0. The lowest BCUT2D eigenvalue weighted by molar-refractivity contribution is 0.135. The first-order chi connectivity index (χ1) is 14.4. The average Bonchev–Trinajstić information content (AvgIpc) is 2.73. The number of nitrogens with zero attached hydrogens (tertiary/aromatic N) is 2. The Balaban J connectivity index is 1.61. The third-order valence-corrected chi connectivity index (χ3v) is 6.23. The number of aryl methyl sites for hydroxylation is 2. The highest BCUT2D eigenvalue weighted by molar-refractivity contribution is 5.74. The molecule has 1 fully saturated rings. The monoisotopic (exact) mass is 408 g/mol. The van der Waals surface area contributed by atoms with Crippen LogP contribution in [-0.2, 0) is 6.54 Å². The fourth-order valence-corrected chi connectivity index (χ4v) is 4.22. The van der Waals surface area contributed by atoms with E-state index in [0.29, 0.717) is 12.6 Å². The summed E-state index contributed by atoms with van der Waals surface area (Å²) in [6.45, 7) is 7.77. The molecular formula is C25H36N4O. The number of piperidine rings is 1. The van der Waals surface area contributed by atoms with Crippen molar-refractivity contribution in [2.45, 2.75) is 45.3 Å². The van der Waals surface area contributed by atoms with E-state index in [1.807, 2.05) is 18.2 Å². The van der Waals surface area contributed by atoms with Crippen LogP contribution in [0.4, 0.5) is 4.79 Å². The van der Waals surface area contributed by atoms with Gasteiger partial charge < -0.3 is 20.4 Å². The molecule has 1 heterocycles. The number of benzene rings is 2. The molecule has 2 amide bonds. The molecule has 1 aliphatic rings. The Morgan fingerprint density at radius 2 is 1.83 bits per heavy atom. The lowest BCUT2D eigenvalue weighted by atomic mass is 10.0. The molecule has 1 aliphatic heterocycles. The van der Waals surface area contributed by atoms with E-state index in [0.717, 1.165) is 30.8 Å². The molecule has 0 aromatic heterocycles. The van der Waals surface area contributed by atoms with Crippen molar-refractivity contribution in [2.75, 3.05) is 33.7 Å². The van der Waals surface area contributed by atoms with Gasteiger partial charge in [0.05, 0.1) is 6.04 Å². The predicted octanol–water partition coefficient (Wildman–Crippen LogP) is 3.87. The standard InChI is InChI=1S/C25H36N4O/c1-19-10-11-22(20(2)16-19)17-26-25(30)27-24(21-8-6-5-7-9-21)18-29(4)23-12-14-28(3)15-13-23/h5-11,16,23-24H,12-15,17-18H2,1-4H3,(H2,26,27,30)/t24-/m1/s1. The van der Waals surface area contributed by atoms with Gasteiger partial charge in [-0.25, -0.2) is 4.79 Å². The Bertz CT molecular complexity index is 815. The van der Waals surface area contributed by atoms with Crippen molar-refractivity contribution in [1.29, 1.82) is 0 Å². The zero-order chi connectivity index (χ0) is 21.5. The molecule has 2 N–H and O–H groups in total. The highest BCUT2D eigenvalue weighted by atomic mass is 16.2. The zero-order valence-electron chi connectivity index (χ0n) is 18.8. The summed E-state index contributed by atoms with van der Waals surface area (Å²) in [5.74, 6) is 0. The number of likely N-dealkylation sites (N-methyl/N-ethyl adjacent to an activating group) is 1. The second kappa shape index (κ2) is 10.6. The average molecular weight is 409 g/mol. The van der Waals surface area contributed by atoms with Gasteiger partial charge in [-0.1, -0.05) is 54.1 Å². The number of carbonyl (C=O) groups excluding carboxylic acids is 1. The highest BCUT2D eigenvalue weighted by Crippen LogP contribution is 2.19. The quantitative estimate of drug-likeness (QED) is 0.731. The molecule has 162 valence electrons. The van der Waals surface area contributed by atoms with E-state index in [1.165, 1.54) is 24.0 Å². The number of hydrogen-bond donors (Lipinski definition) is 2. The second-order valence-corrected chi connectivity index (χ2v) is 8.69. The summed E-state index contributed by atoms with van der Waals surface area (Å²) in [4.78, 5) is 17.5. The van der Waals surface area contributed by atoms with E-state index in [-0.39, 0.29) is 12.1 Å². The molecule has 0 aliphatic carbocycles. The van der Waals surface area contributed by atoms with Gasteiger partial charge in [0.2, 0.25) is 0 Å². The molecule has 0 spiro atoms. The minimum absolute atomic E-state index is 0.0463. The van der Waals surface area contributed by atoms with Gasteiger partial charge in [-0.15, -0.1) is 0 Å². The van der Waals surface area contributed by atoms with Crippen molar-refractivity contribution in [3.63, 3.8) is 0 Å². The van der Waals surface area contributed by atoms with Crippen LogP contribution in [-0.4, -0.2) is 55.6 Å². The largest absolute Gasteiger partial charge is 0.334 e. The smallest absolute Gasteiger partial charge is 0.315 e. The van der Waals surface area contributed by atoms with Crippen molar-refractivity contribution in [1.82, 2.24) is 20.4 Å². The number of likely N-dealkylation sites (tertiary alicyclic amines) is 1. The lowest BCUT2D eigenvalue weighted by Crippen LogP contribution is -2.47. The number of hydrogen-bond acceptors (Lipinski definition) is 3. The molecule has 0 bridgehead atoms. The van der Waals surface area contributed by atoms with Crippen molar-refractivity contribution < 1.29 is 4.79 Å². The molecule has 1 atom stereocenters. The summed E-state index contributed by atoms with van der Waals surface area (Å²) in [5.41, 5.74) is 4.73. The van der Waals surface area contributed by atoms with Crippen LogP contribution in [0.3, 0.4) is 0 Å². The summed E-state index contributed by atoms with van der Waals surface area (Å²) in [6.07, 6.45) is 2.35. The maximum absolute atomic E-state index is 12.7. The Morgan fingerprint density at radius 3 is 2.50 bits per heavy atom. The topological polar surface area (TPSA) is 47.6 Å². The normalized spacial score (nSPS) is 16.4. The van der Waals surface area contributed by atoms with E-state index in [9.17, 15) is 4.79 Å². The maximum atomic E-state index is 12.7. The summed E-state index contributed by atoms with van der Waals surface area (Å²) in [6, 6.07) is 17.0. The van der Waals surface area contributed by atoms with Crippen molar-refractivity contribution >= 4 is 6.03 Å². The second-order valence-electron chi connectivity index (χ2n) is 8.69. The van der Waals surface area contributed by atoms with E-state index in [1.54, 1.807) is 0 Å². The molecule has 30 heavy (non-hydrogen) atoms. The minimum Gasteiger partial charge on any atom is -0.334 e. The maximum Gasteiger partial charge on any atom is 0.315 e. The van der Waals surface area contributed by atoms with Crippen LogP contribution in [0.1, 0.15) is 41.1 Å². The molecule has 0 saturated carbocycles. The summed E-state index contributed by atoms with van der Waals surface area (Å²) in [7, 11) is 4.37. The van der Waals surface area contributed by atoms with Crippen LogP contribution in [0.2, 0.25) is 0 Å². The molecule has 0 radical (unpaired) electrons. The molecule has 2 aromatic carbocycles. The fraction of sp³-hybridized carbons (Fsp3) is 0.480. The first-order valence-corrected chi connectivity index (χ1v) is 11.0. The third kappa shape index (κ3) is 6.31. The van der Waals surface area contributed by atoms with Crippen LogP contribution in [0.5, 0.6) is 0 Å². The van der Waals surface area contributed by atoms with Crippen LogP contribution >= 0.6 is 0 Å². The molecule has 0 unspecified atom stereocenters. The number of rotatable bonds is 7. The Labute approximate surface area is 181 Å². The number of urea groups is 1. The molecule has 5 heteroatoms. The molecule has 3 rings (SSSR count). The highest BCUT2D eigenvalue weighted by Gasteiger charge is 2.24.